The zero-order valence-corrected chi connectivity index (χ0v) is 6.58. The van der Waals surface area contributed by atoms with Crippen molar-refractivity contribution in [3.63, 3.8) is 0 Å². The van der Waals surface area contributed by atoms with E-state index in [9.17, 15) is 4.79 Å². The van der Waals surface area contributed by atoms with Gasteiger partial charge in [-0.15, -0.1) is 0 Å². The van der Waals surface area contributed by atoms with Crippen LogP contribution in [0.2, 0.25) is 0 Å². The second kappa shape index (κ2) is 3.69. The summed E-state index contributed by atoms with van der Waals surface area (Å²) in [6, 6.07) is -0.198. The van der Waals surface area contributed by atoms with E-state index < -0.39 is 6.10 Å². The summed E-state index contributed by atoms with van der Waals surface area (Å²) in [6.07, 6.45) is 1.21. The molecule has 4 nitrogen and oxygen atoms in total. The SMILES string of the molecule is COC(=O)C1OCCCC1N. The van der Waals surface area contributed by atoms with E-state index in [0.717, 1.165) is 12.8 Å². The molecule has 0 aliphatic carbocycles. The first kappa shape index (κ1) is 8.49. The fraction of sp³-hybridized carbons (Fsp3) is 0.857. The second-order valence-electron chi connectivity index (χ2n) is 2.62. The van der Waals surface area contributed by atoms with Crippen molar-refractivity contribution < 1.29 is 14.3 Å². The van der Waals surface area contributed by atoms with Crippen LogP contribution in [0.15, 0.2) is 0 Å². The first-order valence-corrected chi connectivity index (χ1v) is 3.70. The van der Waals surface area contributed by atoms with E-state index in [1.54, 1.807) is 0 Å². The van der Waals surface area contributed by atoms with Crippen molar-refractivity contribution in [2.75, 3.05) is 13.7 Å². The summed E-state index contributed by atoms with van der Waals surface area (Å²) in [6.45, 7) is 0.605. The molecule has 2 atom stereocenters. The number of hydrogen-bond donors (Lipinski definition) is 1. The Morgan fingerprint density at radius 1 is 1.73 bits per heavy atom. The van der Waals surface area contributed by atoms with Crippen LogP contribution in [-0.2, 0) is 14.3 Å². The van der Waals surface area contributed by atoms with Crippen LogP contribution in [0.5, 0.6) is 0 Å². The molecule has 2 N–H and O–H groups in total. The summed E-state index contributed by atoms with van der Waals surface area (Å²) in [4.78, 5) is 11.0. The normalized spacial score (nSPS) is 31.5. The third-order valence-electron chi connectivity index (χ3n) is 1.80. The van der Waals surface area contributed by atoms with Crippen LogP contribution in [0.25, 0.3) is 0 Å². The molecule has 1 aliphatic rings. The lowest BCUT2D eigenvalue weighted by atomic mass is 10.0. The first-order valence-electron chi connectivity index (χ1n) is 3.70. The van der Waals surface area contributed by atoms with Gasteiger partial charge in [-0.3, -0.25) is 0 Å². The molecule has 0 radical (unpaired) electrons. The van der Waals surface area contributed by atoms with E-state index >= 15 is 0 Å². The highest BCUT2D eigenvalue weighted by molar-refractivity contribution is 5.75. The molecule has 2 unspecified atom stereocenters. The standard InChI is InChI=1S/C7H13NO3/c1-10-7(9)6-5(8)3-2-4-11-6/h5-6H,2-4,8H2,1H3. The quantitative estimate of drug-likeness (QED) is 0.532. The Morgan fingerprint density at radius 2 is 2.45 bits per heavy atom. The van der Waals surface area contributed by atoms with Gasteiger partial charge in [0.25, 0.3) is 0 Å². The third-order valence-corrected chi connectivity index (χ3v) is 1.80. The Morgan fingerprint density at radius 3 is 3.00 bits per heavy atom. The van der Waals surface area contributed by atoms with Gasteiger partial charge >= 0.3 is 5.97 Å². The van der Waals surface area contributed by atoms with Crippen LogP contribution in [0.4, 0.5) is 0 Å². The molecule has 1 saturated heterocycles. The van der Waals surface area contributed by atoms with Crippen LogP contribution < -0.4 is 5.73 Å². The molecule has 0 bridgehead atoms. The zero-order valence-electron chi connectivity index (χ0n) is 6.58. The summed E-state index contributed by atoms with van der Waals surface area (Å²) < 4.78 is 9.66. The fourth-order valence-electron chi connectivity index (χ4n) is 1.16. The number of hydrogen-bond acceptors (Lipinski definition) is 4. The molecule has 1 fully saturated rings. The maximum absolute atomic E-state index is 11.0. The van der Waals surface area contributed by atoms with Crippen LogP contribution in [0.3, 0.4) is 0 Å². The van der Waals surface area contributed by atoms with Gasteiger partial charge in [0.2, 0.25) is 0 Å². The second-order valence-corrected chi connectivity index (χ2v) is 2.62. The van der Waals surface area contributed by atoms with Crippen molar-refractivity contribution in [1.29, 1.82) is 0 Å². The van der Waals surface area contributed by atoms with Crippen molar-refractivity contribution in [1.82, 2.24) is 0 Å². The highest BCUT2D eigenvalue weighted by Gasteiger charge is 2.29. The Bertz CT molecular complexity index is 149. The summed E-state index contributed by atoms with van der Waals surface area (Å²) in [5, 5.41) is 0. The van der Waals surface area contributed by atoms with Gasteiger partial charge in [0, 0.05) is 12.6 Å². The molecule has 64 valence electrons. The van der Waals surface area contributed by atoms with Crippen LogP contribution >= 0.6 is 0 Å². The van der Waals surface area contributed by atoms with Gasteiger partial charge in [-0.1, -0.05) is 0 Å². The zero-order chi connectivity index (χ0) is 8.27. The summed E-state index contributed by atoms with van der Waals surface area (Å²) in [7, 11) is 1.34. The topological polar surface area (TPSA) is 61.5 Å². The van der Waals surface area contributed by atoms with E-state index in [2.05, 4.69) is 4.74 Å². The molecule has 1 rings (SSSR count). The van der Waals surface area contributed by atoms with E-state index in [-0.39, 0.29) is 12.0 Å². The maximum Gasteiger partial charge on any atom is 0.336 e. The highest BCUT2D eigenvalue weighted by Crippen LogP contribution is 2.12. The number of carbonyl (C=O) groups is 1. The van der Waals surface area contributed by atoms with E-state index in [1.807, 2.05) is 0 Å². The van der Waals surface area contributed by atoms with E-state index in [1.165, 1.54) is 7.11 Å². The first-order chi connectivity index (χ1) is 5.25. The average Bonchev–Trinajstić information content (AvgIpc) is 2.04. The molecule has 1 heterocycles. The van der Waals surface area contributed by atoms with Crippen molar-refractivity contribution >= 4 is 5.97 Å². The molecule has 0 aromatic heterocycles. The number of rotatable bonds is 1. The van der Waals surface area contributed by atoms with E-state index in [4.69, 9.17) is 10.5 Å². The van der Waals surface area contributed by atoms with Crippen molar-refractivity contribution in [2.24, 2.45) is 5.73 Å². The number of esters is 1. The minimum atomic E-state index is -0.547. The van der Waals surface area contributed by atoms with Gasteiger partial charge in [0.15, 0.2) is 6.10 Å². The molecule has 0 aromatic carbocycles. The lowest BCUT2D eigenvalue weighted by molar-refractivity contribution is -0.158. The number of nitrogens with two attached hydrogens (primary N) is 1. The van der Waals surface area contributed by atoms with Gasteiger partial charge in [-0.2, -0.15) is 0 Å². The lowest BCUT2D eigenvalue weighted by Gasteiger charge is -2.26. The summed E-state index contributed by atoms with van der Waals surface area (Å²) >= 11 is 0. The largest absolute Gasteiger partial charge is 0.467 e. The number of methoxy groups -OCH3 is 1. The van der Waals surface area contributed by atoms with Gasteiger partial charge in [0.1, 0.15) is 0 Å². The molecule has 0 saturated carbocycles. The van der Waals surface area contributed by atoms with Crippen LogP contribution in [-0.4, -0.2) is 31.8 Å². The molecule has 1 aliphatic heterocycles. The van der Waals surface area contributed by atoms with Crippen LogP contribution in [0.1, 0.15) is 12.8 Å². The van der Waals surface area contributed by atoms with Gasteiger partial charge < -0.3 is 15.2 Å². The molecule has 11 heavy (non-hydrogen) atoms. The smallest absolute Gasteiger partial charge is 0.336 e. The molecule has 0 aromatic rings. The average molecular weight is 159 g/mol. The van der Waals surface area contributed by atoms with Gasteiger partial charge in [0.05, 0.1) is 7.11 Å². The lowest BCUT2D eigenvalue weighted by Crippen LogP contribution is -2.46. The Balaban J connectivity index is 2.47. The minimum absolute atomic E-state index is 0.198. The monoisotopic (exact) mass is 159 g/mol. The summed E-state index contributed by atoms with van der Waals surface area (Å²) in [5.74, 6) is -0.364. The fourth-order valence-corrected chi connectivity index (χ4v) is 1.16. The Labute approximate surface area is 65.7 Å². The predicted molar refractivity (Wildman–Crippen MR) is 39.0 cm³/mol. The molecule has 0 spiro atoms. The van der Waals surface area contributed by atoms with Crippen molar-refractivity contribution in [3.05, 3.63) is 0 Å². The minimum Gasteiger partial charge on any atom is -0.467 e. The van der Waals surface area contributed by atoms with E-state index in [0.29, 0.717) is 6.61 Å². The molecular formula is C7H13NO3. The van der Waals surface area contributed by atoms with Crippen molar-refractivity contribution in [3.8, 4) is 0 Å². The molecule has 4 heteroatoms. The van der Waals surface area contributed by atoms with Crippen molar-refractivity contribution in [2.45, 2.75) is 25.0 Å². The maximum atomic E-state index is 11.0. The van der Waals surface area contributed by atoms with Crippen LogP contribution in [0, 0.1) is 0 Å². The third kappa shape index (κ3) is 1.91. The molecule has 0 amide bonds. The van der Waals surface area contributed by atoms with Gasteiger partial charge in [-0.05, 0) is 12.8 Å². The number of carbonyl (C=O) groups excluding carboxylic acids is 1. The highest BCUT2D eigenvalue weighted by atomic mass is 16.6. The Kier molecular flexibility index (Phi) is 2.84. The predicted octanol–water partition coefficient (Wildman–Crippen LogP) is -0.334. The number of ether oxygens (including phenoxy) is 2. The molecular weight excluding hydrogens is 146 g/mol. The summed E-state index contributed by atoms with van der Waals surface area (Å²) in [5.41, 5.74) is 5.63. The Hall–Kier alpha value is -0.610. The van der Waals surface area contributed by atoms with Gasteiger partial charge in [-0.25, -0.2) is 4.79 Å².